The van der Waals surface area contributed by atoms with Gasteiger partial charge in [0.2, 0.25) is 11.8 Å². The standard InChI is InChI=1S/C96H94N6O18Si2/c1-93(2,3)59-23-31-63(32-24-59)115-71-47-67-77-68(88(104)101(87(67)103)85(57-21-19-41-97-51-57)91(107)119-75-45-55(39-43-99-75)53-121(109-13,110-14)111-15)49-73(117-65-35-27-61(28-36-65)95(7,8)9)81-82-74(118-66-37-29-62(30-38-66)96(10,11)12)50-70-78-69(48-72(80(84(78)82)79(71)83(77)81)116-64-33-25-60(26-34-64)94(4,5)6)89(105)102(90(70)106)86(58-22-20-42-98-52-58)92(108)120-76-46-56(40-44-100-76)54-122(112-16,113-17)114-18/h19-52,85-86H,53-54H2,1-18H3. The minimum atomic E-state index is -3.29. The highest BCUT2D eigenvalue weighted by molar-refractivity contribution is 6.60. The number of hydrogen-bond donors (Lipinski definition) is 0. The van der Waals surface area contributed by atoms with E-state index in [1.165, 1.54) is 116 Å². The summed E-state index contributed by atoms with van der Waals surface area (Å²) < 4.78 is 76.7. The van der Waals surface area contributed by atoms with Gasteiger partial charge in [-0.05, 0) is 152 Å². The van der Waals surface area contributed by atoms with Crippen molar-refractivity contribution in [2.24, 2.45) is 0 Å². The lowest BCUT2D eigenvalue weighted by Crippen LogP contribution is -2.47. The quantitative estimate of drug-likeness (QED) is 0.0160. The monoisotopic (exact) mass is 1670 g/mol. The maximum absolute atomic E-state index is 16.9. The van der Waals surface area contributed by atoms with Crippen molar-refractivity contribution in [3.8, 4) is 57.8 Å². The maximum atomic E-state index is 16.9. The van der Waals surface area contributed by atoms with Gasteiger partial charge in [0.05, 0.1) is 22.3 Å². The Balaban J connectivity index is 1.06. The van der Waals surface area contributed by atoms with Crippen LogP contribution < -0.4 is 28.4 Å². The number of fused-ring (bicyclic) bond motifs is 2. The van der Waals surface area contributed by atoms with Crippen LogP contribution in [-0.2, 0) is 69.9 Å². The van der Waals surface area contributed by atoms with E-state index in [1.54, 1.807) is 36.4 Å². The van der Waals surface area contributed by atoms with Crippen LogP contribution >= 0.6 is 0 Å². The number of ether oxygens (including phenoxy) is 6. The van der Waals surface area contributed by atoms with Crippen LogP contribution in [0.4, 0.5) is 0 Å². The summed E-state index contributed by atoms with van der Waals surface area (Å²) in [5.74, 6) is -5.23. The van der Waals surface area contributed by atoms with Crippen molar-refractivity contribution in [1.29, 1.82) is 0 Å². The number of aromatic nitrogens is 4. The number of pyridine rings is 4. The zero-order valence-corrected chi connectivity index (χ0v) is 73.2. The SMILES string of the molecule is CO[Si](Cc1ccnc(OC(=O)C(c2cccnc2)N2C(=O)c3cc(Oc4ccc(C(C)(C)C)cc4)c4c5c(Oc6ccc(C(C)(C)C)cc6)cc6c7c(cc(Oc8ccc(C(C)(C)C)cc8)c(c8c(Oc9ccc(C(C)(C)C)cc9)cc(c3c48)C2=O)c75)C(=O)N(C(C(=O)Oc2cc(C[Si](OC)(OC)OC)ccn2)c2cccnc2)C6=O)c1)(OC)OC. The van der Waals surface area contributed by atoms with Crippen LogP contribution in [0.15, 0.2) is 207 Å². The number of amides is 4. The van der Waals surface area contributed by atoms with Crippen molar-refractivity contribution in [2.75, 3.05) is 42.7 Å². The molecule has 0 fully saturated rings. The van der Waals surface area contributed by atoms with E-state index >= 15 is 28.8 Å². The summed E-state index contributed by atoms with van der Waals surface area (Å²) in [6.07, 6.45) is 8.61. The van der Waals surface area contributed by atoms with Crippen molar-refractivity contribution in [1.82, 2.24) is 29.7 Å². The first-order valence-corrected chi connectivity index (χ1v) is 43.7. The molecule has 0 saturated heterocycles. The molecule has 0 aliphatic carbocycles. The number of carbonyl (C=O) groups excluding carboxylic acids is 6. The van der Waals surface area contributed by atoms with Crippen LogP contribution in [-0.4, -0.2) is 126 Å². The van der Waals surface area contributed by atoms with Gasteiger partial charge in [-0.2, -0.15) is 0 Å². The Hall–Kier alpha value is -12.5. The highest BCUT2D eigenvalue weighted by Gasteiger charge is 2.49. The molecule has 2 aliphatic rings. The van der Waals surface area contributed by atoms with Crippen molar-refractivity contribution >= 4 is 96.3 Å². The van der Waals surface area contributed by atoms with Crippen LogP contribution in [0.1, 0.15) is 181 Å². The molecule has 15 rings (SSSR count). The molecular weight excluding hydrogens is 1580 g/mol. The number of hydrogen-bond acceptors (Lipinski definition) is 22. The fourth-order valence-electron chi connectivity index (χ4n) is 15.8. The molecular formula is C96H94N6O18Si2. The number of benzene rings is 9. The molecule has 24 nitrogen and oxygen atoms in total. The third kappa shape index (κ3) is 16.1. The molecule has 0 spiro atoms. The molecule has 4 aromatic heterocycles. The largest absolute Gasteiger partial charge is 0.504 e. The van der Waals surface area contributed by atoms with E-state index in [0.717, 1.165) is 32.1 Å². The van der Waals surface area contributed by atoms with Gasteiger partial charge < -0.3 is 55.0 Å². The number of rotatable bonds is 26. The van der Waals surface area contributed by atoms with Gasteiger partial charge in [0, 0.05) is 158 Å². The molecule has 2 atom stereocenters. The Morgan fingerprint density at radius 2 is 0.598 bits per heavy atom. The Bertz CT molecular complexity index is 5600. The molecule has 4 amide bonds. The number of nitrogens with zero attached hydrogens (tertiary/aromatic N) is 6. The smallest absolute Gasteiger partial charge is 0.457 e. The minimum absolute atomic E-state index is 0.00627. The molecule has 2 unspecified atom stereocenters. The average Bonchev–Trinajstić information content (AvgIpc) is 0.668. The van der Waals surface area contributed by atoms with E-state index in [2.05, 4.69) is 103 Å². The Kier molecular flexibility index (Phi) is 22.7. The lowest BCUT2D eigenvalue weighted by molar-refractivity contribution is -0.140. The molecule has 122 heavy (non-hydrogen) atoms. The third-order valence-electron chi connectivity index (χ3n) is 22.4. The Morgan fingerprint density at radius 3 is 0.828 bits per heavy atom. The van der Waals surface area contributed by atoms with Gasteiger partial charge in [-0.15, -0.1) is 0 Å². The van der Waals surface area contributed by atoms with Crippen LogP contribution in [0.2, 0.25) is 0 Å². The van der Waals surface area contributed by atoms with Crippen LogP contribution in [0.3, 0.4) is 0 Å². The first-order valence-electron chi connectivity index (χ1n) is 39.8. The van der Waals surface area contributed by atoms with E-state index < -0.39 is 65.3 Å². The second-order valence-corrected chi connectivity index (χ2v) is 40.2. The molecule has 624 valence electrons. The Morgan fingerprint density at radius 1 is 0.336 bits per heavy atom. The van der Waals surface area contributed by atoms with Gasteiger partial charge in [-0.3, -0.25) is 38.9 Å². The number of imide groups is 2. The maximum Gasteiger partial charge on any atom is 0.504 e. The zero-order valence-electron chi connectivity index (χ0n) is 71.2. The second-order valence-electron chi connectivity index (χ2n) is 34.3. The molecule has 9 aromatic carbocycles. The lowest BCUT2D eigenvalue weighted by Gasteiger charge is -2.35. The van der Waals surface area contributed by atoms with Gasteiger partial charge in [0.15, 0.2) is 12.1 Å². The third-order valence-corrected chi connectivity index (χ3v) is 27.8. The molecule has 0 radical (unpaired) electrons. The summed E-state index contributed by atoms with van der Waals surface area (Å²) >= 11 is 0. The molecule has 26 heteroatoms. The molecule has 0 saturated carbocycles. The normalized spacial score (nSPS) is 14.0. The van der Waals surface area contributed by atoms with Crippen LogP contribution in [0.5, 0.6) is 57.8 Å². The van der Waals surface area contributed by atoms with E-state index in [9.17, 15) is 0 Å². The van der Waals surface area contributed by atoms with Crippen molar-refractivity contribution in [2.45, 2.75) is 129 Å². The molecule has 2 aliphatic heterocycles. The van der Waals surface area contributed by atoms with Crippen molar-refractivity contribution in [3.05, 3.63) is 274 Å². The molecule has 13 aromatic rings. The van der Waals surface area contributed by atoms with E-state index in [4.69, 9.17) is 55.0 Å². The van der Waals surface area contributed by atoms with Gasteiger partial charge in [-0.25, -0.2) is 19.6 Å². The Labute approximate surface area is 708 Å². The van der Waals surface area contributed by atoms with Crippen LogP contribution in [0, 0.1) is 0 Å². The van der Waals surface area contributed by atoms with E-state index in [0.29, 0.717) is 34.1 Å². The molecule has 0 bridgehead atoms. The first kappa shape index (κ1) is 84.5. The first-order chi connectivity index (χ1) is 58.1. The van der Waals surface area contributed by atoms with Crippen molar-refractivity contribution < 1.29 is 83.7 Å². The lowest BCUT2D eigenvalue weighted by atomic mass is 9.80. The number of carbonyl (C=O) groups is 6. The second kappa shape index (κ2) is 32.8. The zero-order chi connectivity index (χ0) is 86.9. The van der Waals surface area contributed by atoms with Crippen LogP contribution in [0.25, 0.3) is 43.1 Å². The highest BCUT2D eigenvalue weighted by Crippen LogP contribution is 2.59. The fraction of sp³-hybridized carbons (Fsp3) is 0.271. The predicted octanol–water partition coefficient (Wildman–Crippen LogP) is 19.5. The minimum Gasteiger partial charge on any atom is -0.457 e. The summed E-state index contributed by atoms with van der Waals surface area (Å²) in [6.45, 7) is 25.0. The summed E-state index contributed by atoms with van der Waals surface area (Å²) in [5.41, 5.74) is 3.43. The predicted molar refractivity (Wildman–Crippen MR) is 464 cm³/mol. The van der Waals surface area contributed by atoms with Gasteiger partial charge in [-0.1, -0.05) is 144 Å². The highest BCUT2D eigenvalue weighted by atomic mass is 28.4. The molecule has 0 N–H and O–H groups in total. The average molecular weight is 1680 g/mol. The van der Waals surface area contributed by atoms with Gasteiger partial charge in [0.25, 0.3) is 23.6 Å². The molecule has 6 heterocycles. The summed E-state index contributed by atoms with van der Waals surface area (Å²) in [6, 6.07) is 45.4. The topological polar surface area (TPSA) is 271 Å². The fourth-order valence-corrected chi connectivity index (χ4v) is 19.1. The number of esters is 2. The van der Waals surface area contributed by atoms with Crippen molar-refractivity contribution in [3.63, 3.8) is 0 Å². The van der Waals surface area contributed by atoms with E-state index in [-0.39, 0.29) is 145 Å². The van der Waals surface area contributed by atoms with E-state index in [1.807, 2.05) is 97.1 Å². The summed E-state index contributed by atoms with van der Waals surface area (Å²) in [4.78, 5) is 119. The summed E-state index contributed by atoms with van der Waals surface area (Å²) in [7, 11) is 2.31. The van der Waals surface area contributed by atoms with Gasteiger partial charge >= 0.3 is 29.5 Å². The summed E-state index contributed by atoms with van der Waals surface area (Å²) in [5, 5.41) is 1.35. The van der Waals surface area contributed by atoms with Gasteiger partial charge in [0.1, 0.15) is 46.0 Å².